The molecule has 0 N–H and O–H groups in total. The number of para-hydroxylation sites is 1. The van der Waals surface area contributed by atoms with Crippen LogP contribution in [0.3, 0.4) is 0 Å². The van der Waals surface area contributed by atoms with Crippen molar-refractivity contribution in [1.82, 2.24) is 9.97 Å². The summed E-state index contributed by atoms with van der Waals surface area (Å²) in [5, 5.41) is 0.836. The van der Waals surface area contributed by atoms with Crippen molar-refractivity contribution in [2.24, 2.45) is 0 Å². The molecular formula is C16H13F2N3. The molecule has 3 nitrogen and oxygen atoms in total. The minimum atomic E-state index is -0.671. The second-order valence-electron chi connectivity index (χ2n) is 4.88. The number of anilines is 1. The minimum Gasteiger partial charge on any atom is -0.362 e. The summed E-state index contributed by atoms with van der Waals surface area (Å²) in [5.41, 5.74) is 0.445. The van der Waals surface area contributed by atoms with Crippen LogP contribution in [0.15, 0.2) is 42.5 Å². The molecule has 0 aliphatic rings. The van der Waals surface area contributed by atoms with Crippen molar-refractivity contribution in [1.29, 1.82) is 0 Å². The van der Waals surface area contributed by atoms with Gasteiger partial charge in [-0.1, -0.05) is 18.2 Å². The highest BCUT2D eigenvalue weighted by molar-refractivity contribution is 5.90. The maximum Gasteiger partial charge on any atom is 0.168 e. The summed E-state index contributed by atoms with van der Waals surface area (Å²) in [6, 6.07) is 11.1. The van der Waals surface area contributed by atoms with Crippen molar-refractivity contribution < 1.29 is 8.78 Å². The van der Waals surface area contributed by atoms with E-state index >= 15 is 0 Å². The first-order valence-electron chi connectivity index (χ1n) is 6.46. The highest BCUT2D eigenvalue weighted by Gasteiger charge is 2.17. The normalized spacial score (nSPS) is 10.9. The molecule has 1 heterocycles. The second-order valence-corrected chi connectivity index (χ2v) is 4.88. The number of benzene rings is 2. The first kappa shape index (κ1) is 13.4. The van der Waals surface area contributed by atoms with Crippen molar-refractivity contribution in [3.8, 4) is 11.4 Å². The van der Waals surface area contributed by atoms with Crippen molar-refractivity contribution in [2.75, 3.05) is 19.0 Å². The fourth-order valence-corrected chi connectivity index (χ4v) is 2.22. The summed E-state index contributed by atoms with van der Waals surface area (Å²) in [6.07, 6.45) is 0. The monoisotopic (exact) mass is 285 g/mol. The summed E-state index contributed by atoms with van der Waals surface area (Å²) < 4.78 is 27.9. The number of fused-ring (bicyclic) bond motifs is 1. The number of rotatable bonds is 2. The van der Waals surface area contributed by atoms with Gasteiger partial charge < -0.3 is 4.90 Å². The average molecular weight is 285 g/mol. The lowest BCUT2D eigenvalue weighted by molar-refractivity contribution is 0.587. The van der Waals surface area contributed by atoms with E-state index < -0.39 is 11.6 Å². The minimum absolute atomic E-state index is 0.0491. The molecule has 0 fully saturated rings. The molecule has 0 aliphatic heterocycles. The number of halogens is 2. The van der Waals surface area contributed by atoms with E-state index in [0.29, 0.717) is 11.3 Å². The Balaban J connectivity index is 2.34. The van der Waals surface area contributed by atoms with E-state index in [0.717, 1.165) is 5.39 Å². The van der Waals surface area contributed by atoms with Gasteiger partial charge in [0.1, 0.15) is 17.5 Å². The molecule has 2 aromatic carbocycles. The molecule has 5 heteroatoms. The molecule has 0 unspecified atom stereocenters. The van der Waals surface area contributed by atoms with Gasteiger partial charge >= 0.3 is 0 Å². The SMILES string of the molecule is CN(C)c1nc(-c2c(F)cccc2F)nc2ccccc12. The zero-order valence-corrected chi connectivity index (χ0v) is 11.6. The van der Waals surface area contributed by atoms with Crippen LogP contribution < -0.4 is 4.90 Å². The Bertz CT molecular complexity index is 795. The standard InChI is InChI=1S/C16H13F2N3/c1-21(2)16-10-6-3-4-9-13(10)19-15(20-16)14-11(17)7-5-8-12(14)18/h3-9H,1-2H3. The van der Waals surface area contributed by atoms with Gasteiger partial charge in [-0.15, -0.1) is 0 Å². The molecule has 0 radical (unpaired) electrons. The Morgan fingerprint density at radius 2 is 1.52 bits per heavy atom. The van der Waals surface area contributed by atoms with Crippen LogP contribution in [-0.2, 0) is 0 Å². The van der Waals surface area contributed by atoms with E-state index in [2.05, 4.69) is 9.97 Å². The molecule has 21 heavy (non-hydrogen) atoms. The molecule has 106 valence electrons. The van der Waals surface area contributed by atoms with Gasteiger partial charge in [0.15, 0.2) is 5.82 Å². The molecule has 0 saturated heterocycles. The first-order chi connectivity index (χ1) is 10.1. The molecule has 0 bridgehead atoms. The van der Waals surface area contributed by atoms with Gasteiger partial charge in [-0.25, -0.2) is 18.7 Å². The van der Waals surface area contributed by atoms with E-state index in [1.807, 2.05) is 32.3 Å². The lowest BCUT2D eigenvalue weighted by Crippen LogP contribution is -2.12. The van der Waals surface area contributed by atoms with Crippen molar-refractivity contribution >= 4 is 16.7 Å². The summed E-state index contributed by atoms with van der Waals surface area (Å²) in [5.74, 6) is -0.670. The summed E-state index contributed by atoms with van der Waals surface area (Å²) in [7, 11) is 3.66. The number of hydrogen-bond acceptors (Lipinski definition) is 3. The van der Waals surface area contributed by atoms with E-state index in [4.69, 9.17) is 0 Å². The highest BCUT2D eigenvalue weighted by Crippen LogP contribution is 2.29. The van der Waals surface area contributed by atoms with E-state index in [1.54, 1.807) is 11.0 Å². The van der Waals surface area contributed by atoms with Crippen LogP contribution in [0.1, 0.15) is 0 Å². The van der Waals surface area contributed by atoms with Gasteiger partial charge in [0, 0.05) is 19.5 Å². The van der Waals surface area contributed by atoms with Gasteiger partial charge in [0.25, 0.3) is 0 Å². The third kappa shape index (κ3) is 2.31. The summed E-state index contributed by atoms with van der Waals surface area (Å²) in [6.45, 7) is 0. The van der Waals surface area contributed by atoms with Gasteiger partial charge in [-0.3, -0.25) is 0 Å². The molecule has 0 amide bonds. The average Bonchev–Trinajstić information content (AvgIpc) is 2.46. The zero-order valence-electron chi connectivity index (χ0n) is 11.6. The van der Waals surface area contributed by atoms with Crippen molar-refractivity contribution in [3.05, 3.63) is 54.1 Å². The fourth-order valence-electron chi connectivity index (χ4n) is 2.22. The van der Waals surface area contributed by atoms with Crippen LogP contribution in [0.2, 0.25) is 0 Å². The third-order valence-electron chi connectivity index (χ3n) is 3.19. The summed E-state index contributed by atoms with van der Waals surface area (Å²) >= 11 is 0. The second kappa shape index (κ2) is 5.09. The molecular weight excluding hydrogens is 272 g/mol. The van der Waals surface area contributed by atoms with Crippen LogP contribution >= 0.6 is 0 Å². The molecule has 3 rings (SSSR count). The van der Waals surface area contributed by atoms with Crippen molar-refractivity contribution in [3.63, 3.8) is 0 Å². The first-order valence-corrected chi connectivity index (χ1v) is 6.46. The Morgan fingerprint density at radius 3 is 2.19 bits per heavy atom. The lowest BCUT2D eigenvalue weighted by atomic mass is 10.1. The third-order valence-corrected chi connectivity index (χ3v) is 3.19. The van der Waals surface area contributed by atoms with Gasteiger partial charge in [0.05, 0.1) is 11.1 Å². The number of aromatic nitrogens is 2. The number of nitrogens with zero attached hydrogens (tertiary/aromatic N) is 3. The van der Waals surface area contributed by atoms with Crippen LogP contribution in [0, 0.1) is 11.6 Å². The highest BCUT2D eigenvalue weighted by atomic mass is 19.1. The van der Waals surface area contributed by atoms with Crippen LogP contribution in [0.5, 0.6) is 0 Å². The van der Waals surface area contributed by atoms with Crippen LogP contribution in [-0.4, -0.2) is 24.1 Å². The molecule has 0 spiro atoms. The molecule has 0 atom stereocenters. The Kier molecular flexibility index (Phi) is 3.25. The predicted octanol–water partition coefficient (Wildman–Crippen LogP) is 3.64. The van der Waals surface area contributed by atoms with E-state index in [9.17, 15) is 8.78 Å². The molecule has 3 aromatic rings. The molecule has 1 aromatic heterocycles. The fraction of sp³-hybridized carbons (Fsp3) is 0.125. The van der Waals surface area contributed by atoms with Crippen LogP contribution in [0.4, 0.5) is 14.6 Å². The van der Waals surface area contributed by atoms with Crippen LogP contribution in [0.25, 0.3) is 22.3 Å². The maximum atomic E-state index is 13.9. The number of hydrogen-bond donors (Lipinski definition) is 0. The topological polar surface area (TPSA) is 29.0 Å². The van der Waals surface area contributed by atoms with E-state index in [1.165, 1.54) is 18.2 Å². The van der Waals surface area contributed by atoms with Gasteiger partial charge in [-0.2, -0.15) is 0 Å². The maximum absolute atomic E-state index is 13.9. The Morgan fingerprint density at radius 1 is 0.857 bits per heavy atom. The Labute approximate surface area is 120 Å². The zero-order chi connectivity index (χ0) is 15.0. The molecule has 0 aliphatic carbocycles. The van der Waals surface area contributed by atoms with Gasteiger partial charge in [0.2, 0.25) is 0 Å². The van der Waals surface area contributed by atoms with Crippen molar-refractivity contribution in [2.45, 2.75) is 0 Å². The molecule has 0 saturated carbocycles. The van der Waals surface area contributed by atoms with Gasteiger partial charge in [-0.05, 0) is 24.3 Å². The quantitative estimate of drug-likeness (QED) is 0.720. The summed E-state index contributed by atoms with van der Waals surface area (Å²) in [4.78, 5) is 10.4. The predicted molar refractivity (Wildman–Crippen MR) is 79.2 cm³/mol. The Hall–Kier alpha value is -2.56. The largest absolute Gasteiger partial charge is 0.362 e. The lowest BCUT2D eigenvalue weighted by Gasteiger charge is -2.15. The van der Waals surface area contributed by atoms with E-state index in [-0.39, 0.29) is 11.4 Å². The smallest absolute Gasteiger partial charge is 0.168 e.